The zero-order valence-corrected chi connectivity index (χ0v) is 11.2. The molecular formula is C14H23NO2. The van der Waals surface area contributed by atoms with Gasteiger partial charge in [-0.15, -0.1) is 0 Å². The highest BCUT2D eigenvalue weighted by Crippen LogP contribution is 2.27. The van der Waals surface area contributed by atoms with Crippen molar-refractivity contribution in [2.24, 2.45) is 5.41 Å². The molecular weight excluding hydrogens is 214 g/mol. The first kappa shape index (κ1) is 13.8. The van der Waals surface area contributed by atoms with Crippen LogP contribution in [0.4, 0.5) is 5.69 Å². The van der Waals surface area contributed by atoms with E-state index in [1.807, 2.05) is 12.1 Å². The van der Waals surface area contributed by atoms with Gasteiger partial charge in [-0.05, 0) is 31.0 Å². The molecule has 0 aliphatic carbocycles. The van der Waals surface area contributed by atoms with Crippen LogP contribution in [0.1, 0.15) is 25.8 Å². The van der Waals surface area contributed by atoms with E-state index in [-0.39, 0.29) is 12.0 Å². The molecule has 1 aromatic rings. The van der Waals surface area contributed by atoms with Crippen LogP contribution < -0.4 is 10.1 Å². The van der Waals surface area contributed by atoms with Crippen LogP contribution in [-0.2, 0) is 0 Å². The maximum atomic E-state index is 9.37. The summed E-state index contributed by atoms with van der Waals surface area (Å²) in [5.74, 6) is 0.840. The lowest BCUT2D eigenvalue weighted by Gasteiger charge is -2.27. The molecule has 0 bridgehead atoms. The molecule has 1 aromatic carbocycles. The summed E-state index contributed by atoms with van der Waals surface area (Å²) in [7, 11) is 1.67. The van der Waals surface area contributed by atoms with E-state index in [0.717, 1.165) is 24.4 Å². The second-order valence-corrected chi connectivity index (χ2v) is 4.88. The topological polar surface area (TPSA) is 41.5 Å². The molecule has 1 atom stereocenters. The minimum absolute atomic E-state index is 0.0885. The Hall–Kier alpha value is -1.22. The Bertz CT molecular complexity index is 359. The Kier molecular flexibility index (Phi) is 4.82. The quantitative estimate of drug-likeness (QED) is 0.799. The summed E-state index contributed by atoms with van der Waals surface area (Å²) in [5.41, 5.74) is 2.09. The van der Waals surface area contributed by atoms with Crippen LogP contribution in [0.15, 0.2) is 18.2 Å². The third kappa shape index (κ3) is 3.63. The standard InChI is InChI=1S/C14H23NO2/c1-5-14(3,10-16)9-15-12-8-11(2)6-7-13(12)17-4/h6-8,15-16H,5,9-10H2,1-4H3. The van der Waals surface area contributed by atoms with E-state index in [2.05, 4.69) is 32.2 Å². The van der Waals surface area contributed by atoms with Crippen molar-refractivity contribution in [1.82, 2.24) is 0 Å². The molecule has 0 aliphatic rings. The van der Waals surface area contributed by atoms with Crippen molar-refractivity contribution in [2.45, 2.75) is 27.2 Å². The van der Waals surface area contributed by atoms with Crippen LogP contribution in [-0.4, -0.2) is 25.4 Å². The molecule has 1 rings (SSSR count). The molecule has 3 nitrogen and oxygen atoms in total. The molecule has 0 saturated carbocycles. The smallest absolute Gasteiger partial charge is 0.141 e. The van der Waals surface area contributed by atoms with Crippen LogP contribution in [0.3, 0.4) is 0 Å². The number of rotatable bonds is 6. The van der Waals surface area contributed by atoms with E-state index in [1.54, 1.807) is 7.11 Å². The van der Waals surface area contributed by atoms with Crippen LogP contribution in [0, 0.1) is 12.3 Å². The van der Waals surface area contributed by atoms with Gasteiger partial charge in [0.2, 0.25) is 0 Å². The van der Waals surface area contributed by atoms with Gasteiger partial charge in [-0.1, -0.05) is 19.9 Å². The number of aliphatic hydroxyl groups excluding tert-OH is 1. The van der Waals surface area contributed by atoms with Gasteiger partial charge in [0.25, 0.3) is 0 Å². The number of methoxy groups -OCH3 is 1. The average molecular weight is 237 g/mol. The Morgan fingerprint density at radius 2 is 2.12 bits per heavy atom. The molecule has 0 fully saturated rings. The molecule has 2 N–H and O–H groups in total. The highest BCUT2D eigenvalue weighted by molar-refractivity contribution is 5.58. The van der Waals surface area contributed by atoms with Crippen molar-refractivity contribution in [3.8, 4) is 5.75 Å². The number of anilines is 1. The Balaban J connectivity index is 2.77. The van der Waals surface area contributed by atoms with E-state index in [9.17, 15) is 5.11 Å². The molecule has 0 aliphatic heterocycles. The second-order valence-electron chi connectivity index (χ2n) is 4.88. The van der Waals surface area contributed by atoms with Gasteiger partial charge in [-0.25, -0.2) is 0 Å². The van der Waals surface area contributed by atoms with Crippen molar-refractivity contribution >= 4 is 5.69 Å². The molecule has 3 heteroatoms. The van der Waals surface area contributed by atoms with Crippen molar-refractivity contribution in [3.05, 3.63) is 23.8 Å². The van der Waals surface area contributed by atoms with Crippen molar-refractivity contribution < 1.29 is 9.84 Å². The third-order valence-corrected chi connectivity index (χ3v) is 3.30. The third-order valence-electron chi connectivity index (χ3n) is 3.30. The second kappa shape index (κ2) is 5.92. The van der Waals surface area contributed by atoms with Gasteiger partial charge in [0.05, 0.1) is 19.4 Å². The summed E-state index contributed by atoms with van der Waals surface area (Å²) in [6.07, 6.45) is 0.935. The summed E-state index contributed by atoms with van der Waals surface area (Å²) < 4.78 is 5.31. The largest absolute Gasteiger partial charge is 0.495 e. The van der Waals surface area contributed by atoms with E-state index < -0.39 is 0 Å². The number of hydrogen-bond donors (Lipinski definition) is 2. The van der Waals surface area contributed by atoms with Gasteiger partial charge < -0.3 is 15.2 Å². The molecule has 0 amide bonds. The molecule has 96 valence electrons. The minimum Gasteiger partial charge on any atom is -0.495 e. The van der Waals surface area contributed by atoms with Gasteiger partial charge in [-0.3, -0.25) is 0 Å². The molecule has 0 radical (unpaired) electrons. The maximum absolute atomic E-state index is 9.37. The zero-order valence-electron chi connectivity index (χ0n) is 11.2. The molecule has 0 heterocycles. The Labute approximate surface area is 104 Å². The Morgan fingerprint density at radius 1 is 1.41 bits per heavy atom. The highest BCUT2D eigenvalue weighted by atomic mass is 16.5. The summed E-state index contributed by atoms with van der Waals surface area (Å²) in [5, 5.41) is 12.7. The fourth-order valence-corrected chi connectivity index (χ4v) is 1.56. The van der Waals surface area contributed by atoms with Gasteiger partial charge in [0.15, 0.2) is 0 Å². The predicted octanol–water partition coefficient (Wildman–Crippen LogP) is 2.82. The summed E-state index contributed by atoms with van der Waals surface area (Å²) in [4.78, 5) is 0. The first-order valence-electron chi connectivity index (χ1n) is 6.04. The number of aliphatic hydroxyl groups is 1. The monoisotopic (exact) mass is 237 g/mol. The maximum Gasteiger partial charge on any atom is 0.141 e. The minimum atomic E-state index is -0.0885. The van der Waals surface area contributed by atoms with E-state index in [1.165, 1.54) is 5.56 Å². The summed E-state index contributed by atoms with van der Waals surface area (Å²) >= 11 is 0. The summed E-state index contributed by atoms with van der Waals surface area (Å²) in [6.45, 7) is 7.13. The lowest BCUT2D eigenvalue weighted by molar-refractivity contribution is 0.149. The highest BCUT2D eigenvalue weighted by Gasteiger charge is 2.21. The lowest BCUT2D eigenvalue weighted by atomic mass is 9.88. The molecule has 0 aromatic heterocycles. The number of aryl methyl sites for hydroxylation is 1. The number of ether oxygens (including phenoxy) is 1. The number of nitrogens with one attached hydrogen (secondary N) is 1. The Morgan fingerprint density at radius 3 is 2.65 bits per heavy atom. The first-order valence-corrected chi connectivity index (χ1v) is 6.04. The van der Waals surface area contributed by atoms with E-state index in [4.69, 9.17) is 4.74 Å². The fourth-order valence-electron chi connectivity index (χ4n) is 1.56. The van der Waals surface area contributed by atoms with Crippen molar-refractivity contribution in [3.63, 3.8) is 0 Å². The summed E-state index contributed by atoms with van der Waals surface area (Å²) in [6, 6.07) is 6.04. The van der Waals surface area contributed by atoms with Crippen LogP contribution in [0.5, 0.6) is 5.75 Å². The van der Waals surface area contributed by atoms with Crippen molar-refractivity contribution in [1.29, 1.82) is 0 Å². The van der Waals surface area contributed by atoms with Gasteiger partial charge in [0.1, 0.15) is 5.75 Å². The van der Waals surface area contributed by atoms with Gasteiger partial charge >= 0.3 is 0 Å². The molecule has 1 unspecified atom stereocenters. The van der Waals surface area contributed by atoms with E-state index in [0.29, 0.717) is 0 Å². The van der Waals surface area contributed by atoms with Gasteiger partial charge in [0, 0.05) is 12.0 Å². The van der Waals surface area contributed by atoms with Crippen LogP contribution >= 0.6 is 0 Å². The SMILES string of the molecule is CCC(C)(CO)CNc1cc(C)ccc1OC. The number of hydrogen-bond acceptors (Lipinski definition) is 3. The normalized spacial score (nSPS) is 14.2. The lowest BCUT2D eigenvalue weighted by Crippen LogP contribution is -2.29. The fraction of sp³-hybridized carbons (Fsp3) is 0.571. The molecule has 0 spiro atoms. The first-order chi connectivity index (χ1) is 8.04. The average Bonchev–Trinajstić information content (AvgIpc) is 2.36. The van der Waals surface area contributed by atoms with Gasteiger partial charge in [-0.2, -0.15) is 0 Å². The molecule has 0 saturated heterocycles. The van der Waals surface area contributed by atoms with Crippen LogP contribution in [0.25, 0.3) is 0 Å². The zero-order chi connectivity index (χ0) is 12.9. The predicted molar refractivity (Wildman–Crippen MR) is 71.7 cm³/mol. The van der Waals surface area contributed by atoms with Crippen LogP contribution in [0.2, 0.25) is 0 Å². The number of benzene rings is 1. The van der Waals surface area contributed by atoms with Crippen molar-refractivity contribution in [2.75, 3.05) is 25.6 Å². The molecule has 17 heavy (non-hydrogen) atoms. The van der Waals surface area contributed by atoms with E-state index >= 15 is 0 Å².